The van der Waals surface area contributed by atoms with Gasteiger partial charge in [0.2, 0.25) is 0 Å². The van der Waals surface area contributed by atoms with E-state index in [1.54, 1.807) is 11.3 Å². The van der Waals surface area contributed by atoms with Crippen LogP contribution in [0.25, 0.3) is 0 Å². The molecule has 0 unspecified atom stereocenters. The first-order valence-electron chi connectivity index (χ1n) is 7.18. The minimum absolute atomic E-state index is 0.0533. The summed E-state index contributed by atoms with van der Waals surface area (Å²) >= 11 is 3.14. The largest absolute Gasteiger partial charge is 0.317 e. The summed E-state index contributed by atoms with van der Waals surface area (Å²) in [6, 6.07) is 1.94. The molecule has 0 bridgehead atoms. The summed E-state index contributed by atoms with van der Waals surface area (Å²) in [7, 11) is 0. The molecule has 1 aliphatic rings. The Balaban J connectivity index is 1.67. The van der Waals surface area contributed by atoms with Crippen molar-refractivity contribution in [3.63, 3.8) is 0 Å². The summed E-state index contributed by atoms with van der Waals surface area (Å²) < 4.78 is 0. The fourth-order valence-electron chi connectivity index (χ4n) is 2.48. The highest BCUT2D eigenvalue weighted by molar-refractivity contribution is 7.16. The fraction of sp³-hybridized carbons (Fsp3) is 0.467. The van der Waals surface area contributed by atoms with Crippen LogP contribution in [0.4, 0.5) is 5.13 Å². The van der Waals surface area contributed by atoms with Gasteiger partial charge in [-0.25, -0.2) is 4.98 Å². The molecule has 0 spiro atoms. The van der Waals surface area contributed by atoms with Crippen molar-refractivity contribution >= 4 is 33.7 Å². The van der Waals surface area contributed by atoms with Crippen LogP contribution in [0, 0.1) is 13.8 Å². The Morgan fingerprint density at radius 2 is 2.10 bits per heavy atom. The van der Waals surface area contributed by atoms with Crippen LogP contribution in [0.3, 0.4) is 0 Å². The minimum Gasteiger partial charge on any atom is -0.317 e. The number of rotatable bonds is 3. The number of hydrogen-bond acceptors (Lipinski definition) is 5. The number of piperidine rings is 1. The van der Waals surface area contributed by atoms with Gasteiger partial charge in [-0.2, -0.15) is 0 Å². The van der Waals surface area contributed by atoms with Gasteiger partial charge in [0, 0.05) is 16.0 Å². The lowest BCUT2D eigenvalue weighted by molar-refractivity contribution is 0.103. The van der Waals surface area contributed by atoms with E-state index in [1.807, 2.05) is 26.1 Å². The quantitative estimate of drug-likeness (QED) is 0.909. The van der Waals surface area contributed by atoms with Crippen LogP contribution >= 0.6 is 22.7 Å². The summed E-state index contributed by atoms with van der Waals surface area (Å²) in [6.07, 6.45) is 4.22. The number of carbonyl (C=O) groups is 1. The molecule has 1 aliphatic heterocycles. The second-order valence-corrected chi connectivity index (χ2v) is 7.71. The molecule has 1 saturated heterocycles. The topological polar surface area (TPSA) is 54.0 Å². The highest BCUT2D eigenvalue weighted by Gasteiger charge is 2.19. The number of anilines is 1. The Morgan fingerprint density at radius 1 is 1.33 bits per heavy atom. The molecule has 6 heteroatoms. The molecule has 0 atom stereocenters. The van der Waals surface area contributed by atoms with E-state index >= 15 is 0 Å². The molecule has 0 radical (unpaired) electrons. The van der Waals surface area contributed by atoms with Gasteiger partial charge in [0.15, 0.2) is 5.13 Å². The molecule has 0 saturated carbocycles. The second kappa shape index (κ2) is 6.25. The first-order valence-corrected chi connectivity index (χ1v) is 8.81. The van der Waals surface area contributed by atoms with Gasteiger partial charge < -0.3 is 5.32 Å². The van der Waals surface area contributed by atoms with Crippen molar-refractivity contribution in [2.24, 2.45) is 0 Å². The smallest absolute Gasteiger partial charge is 0.267 e. The number of hydrogen-bond donors (Lipinski definition) is 2. The summed E-state index contributed by atoms with van der Waals surface area (Å²) in [5, 5.41) is 7.00. The van der Waals surface area contributed by atoms with E-state index in [0.29, 0.717) is 11.0 Å². The molecule has 21 heavy (non-hydrogen) atoms. The highest BCUT2D eigenvalue weighted by Crippen LogP contribution is 2.32. The molecule has 2 aromatic heterocycles. The molecule has 0 aliphatic carbocycles. The number of thiazole rings is 1. The van der Waals surface area contributed by atoms with Crippen LogP contribution in [-0.2, 0) is 0 Å². The number of thiophene rings is 1. The first-order chi connectivity index (χ1) is 10.1. The molecule has 0 aromatic carbocycles. The zero-order valence-electron chi connectivity index (χ0n) is 12.2. The average Bonchev–Trinajstić information content (AvgIpc) is 3.08. The third kappa shape index (κ3) is 3.33. The Bertz CT molecular complexity index is 622. The van der Waals surface area contributed by atoms with Crippen molar-refractivity contribution < 1.29 is 4.79 Å². The molecular formula is C15H19N3OS2. The third-order valence-corrected chi connectivity index (χ3v) is 6.10. The van der Waals surface area contributed by atoms with E-state index in [2.05, 4.69) is 15.6 Å². The zero-order valence-corrected chi connectivity index (χ0v) is 13.9. The Labute approximate surface area is 132 Å². The van der Waals surface area contributed by atoms with E-state index in [9.17, 15) is 4.79 Å². The zero-order chi connectivity index (χ0) is 14.8. The number of nitrogens with one attached hydrogen (secondary N) is 2. The second-order valence-electron chi connectivity index (χ2n) is 5.40. The van der Waals surface area contributed by atoms with Crippen LogP contribution in [-0.4, -0.2) is 24.0 Å². The molecule has 1 amide bonds. The van der Waals surface area contributed by atoms with E-state index in [4.69, 9.17) is 0 Å². The number of aromatic nitrogens is 1. The van der Waals surface area contributed by atoms with E-state index in [1.165, 1.54) is 26.7 Å². The van der Waals surface area contributed by atoms with Gasteiger partial charge in [-0.3, -0.25) is 10.1 Å². The Morgan fingerprint density at radius 3 is 2.76 bits per heavy atom. The summed E-state index contributed by atoms with van der Waals surface area (Å²) in [6.45, 7) is 6.20. The molecule has 2 aromatic rings. The van der Waals surface area contributed by atoms with Crippen molar-refractivity contribution in [2.75, 3.05) is 18.4 Å². The lowest BCUT2D eigenvalue weighted by atomic mass is 9.97. The van der Waals surface area contributed by atoms with Gasteiger partial charge in [-0.05, 0) is 57.3 Å². The first kappa shape index (κ1) is 14.7. The van der Waals surface area contributed by atoms with Gasteiger partial charge in [0.25, 0.3) is 5.91 Å². The van der Waals surface area contributed by atoms with Gasteiger partial charge in [0.05, 0.1) is 4.88 Å². The van der Waals surface area contributed by atoms with Crippen LogP contribution < -0.4 is 10.6 Å². The lowest BCUT2D eigenvalue weighted by Gasteiger charge is -2.20. The van der Waals surface area contributed by atoms with E-state index < -0.39 is 0 Å². The lowest BCUT2D eigenvalue weighted by Crippen LogP contribution is -2.26. The number of nitrogens with zero attached hydrogens (tertiary/aromatic N) is 1. The van der Waals surface area contributed by atoms with Crippen LogP contribution in [0.2, 0.25) is 0 Å². The maximum Gasteiger partial charge on any atom is 0.267 e. The summed E-state index contributed by atoms with van der Waals surface area (Å²) in [4.78, 5) is 19.8. The summed E-state index contributed by atoms with van der Waals surface area (Å²) in [5.74, 6) is 0.531. The van der Waals surface area contributed by atoms with Gasteiger partial charge >= 0.3 is 0 Å². The van der Waals surface area contributed by atoms with Crippen molar-refractivity contribution in [1.82, 2.24) is 10.3 Å². The third-order valence-electron chi connectivity index (χ3n) is 3.88. The molecule has 112 valence electrons. The molecular weight excluding hydrogens is 302 g/mol. The van der Waals surface area contributed by atoms with Crippen LogP contribution in [0.15, 0.2) is 12.3 Å². The standard InChI is InChI=1S/C15H19N3OS2/c1-9-7-12(20-10(9)2)14(19)18-15-17-8-13(21-15)11-3-5-16-6-4-11/h7-8,11,16H,3-6H2,1-2H3,(H,17,18,19). The van der Waals surface area contributed by atoms with E-state index in [0.717, 1.165) is 30.8 Å². The molecule has 3 heterocycles. The van der Waals surface area contributed by atoms with Crippen molar-refractivity contribution in [3.8, 4) is 0 Å². The maximum atomic E-state index is 12.2. The molecule has 1 fully saturated rings. The molecule has 2 N–H and O–H groups in total. The SMILES string of the molecule is Cc1cc(C(=O)Nc2ncc(C3CCNCC3)s2)sc1C. The molecule has 3 rings (SSSR count). The highest BCUT2D eigenvalue weighted by atomic mass is 32.1. The van der Waals surface area contributed by atoms with Gasteiger partial charge in [-0.1, -0.05) is 0 Å². The summed E-state index contributed by atoms with van der Waals surface area (Å²) in [5.41, 5.74) is 1.17. The van der Waals surface area contributed by atoms with E-state index in [-0.39, 0.29) is 5.91 Å². The van der Waals surface area contributed by atoms with Gasteiger partial charge in [-0.15, -0.1) is 22.7 Å². The fourth-order valence-corrected chi connectivity index (χ4v) is 4.39. The van der Waals surface area contributed by atoms with Crippen LogP contribution in [0.5, 0.6) is 0 Å². The van der Waals surface area contributed by atoms with Crippen molar-refractivity contribution in [3.05, 3.63) is 32.5 Å². The maximum absolute atomic E-state index is 12.2. The number of carbonyl (C=O) groups excluding carboxylic acids is 1. The Kier molecular flexibility index (Phi) is 4.37. The van der Waals surface area contributed by atoms with Crippen LogP contribution in [0.1, 0.15) is 43.7 Å². The minimum atomic E-state index is -0.0533. The Hall–Kier alpha value is -1.24. The number of aryl methyl sites for hydroxylation is 2. The number of amides is 1. The van der Waals surface area contributed by atoms with Crippen molar-refractivity contribution in [2.45, 2.75) is 32.6 Å². The normalized spacial score (nSPS) is 16.1. The predicted octanol–water partition coefficient (Wildman–Crippen LogP) is 3.54. The monoisotopic (exact) mass is 321 g/mol. The molecule has 4 nitrogen and oxygen atoms in total. The predicted molar refractivity (Wildman–Crippen MR) is 88.7 cm³/mol. The van der Waals surface area contributed by atoms with Crippen molar-refractivity contribution in [1.29, 1.82) is 0 Å². The average molecular weight is 321 g/mol. The van der Waals surface area contributed by atoms with Gasteiger partial charge in [0.1, 0.15) is 0 Å².